The van der Waals surface area contributed by atoms with Gasteiger partial charge in [0.15, 0.2) is 0 Å². The van der Waals surface area contributed by atoms with E-state index >= 15 is 0 Å². The minimum atomic E-state index is -0.527. The molecular formula is C18H17N5O. The molecule has 0 saturated carbocycles. The highest BCUT2D eigenvalue weighted by Gasteiger charge is 2.45. The van der Waals surface area contributed by atoms with Crippen LogP contribution in [0.1, 0.15) is 29.9 Å². The minimum Gasteiger partial charge on any atom is -0.295 e. The van der Waals surface area contributed by atoms with Crippen LogP contribution in [0.3, 0.4) is 0 Å². The van der Waals surface area contributed by atoms with E-state index in [2.05, 4.69) is 15.1 Å². The molecule has 0 radical (unpaired) electrons. The number of pyridine rings is 2. The van der Waals surface area contributed by atoms with Crippen molar-refractivity contribution in [3.05, 3.63) is 60.3 Å². The lowest BCUT2D eigenvalue weighted by atomic mass is 9.99. The number of fused-ring (bicyclic) bond motifs is 1. The van der Waals surface area contributed by atoms with Gasteiger partial charge in [0.2, 0.25) is 0 Å². The van der Waals surface area contributed by atoms with Crippen LogP contribution >= 0.6 is 0 Å². The third-order valence-electron chi connectivity index (χ3n) is 4.48. The number of hydrogen-bond donors (Lipinski definition) is 0. The van der Waals surface area contributed by atoms with Crippen LogP contribution in [-0.4, -0.2) is 25.7 Å². The quantitative estimate of drug-likeness (QED) is 0.728. The van der Waals surface area contributed by atoms with Gasteiger partial charge in [-0.3, -0.25) is 24.3 Å². The normalized spacial score (nSPS) is 15.6. The number of carbonyl (C=O) groups is 1. The van der Waals surface area contributed by atoms with Crippen molar-refractivity contribution in [2.24, 2.45) is 7.05 Å². The maximum absolute atomic E-state index is 12.9. The summed E-state index contributed by atoms with van der Waals surface area (Å²) in [4.78, 5) is 23.4. The maximum Gasteiger partial charge on any atom is 0.261 e. The third-order valence-corrected chi connectivity index (χ3v) is 4.48. The van der Waals surface area contributed by atoms with Gasteiger partial charge in [-0.1, -0.05) is 0 Å². The van der Waals surface area contributed by atoms with Gasteiger partial charge in [-0.25, -0.2) is 0 Å². The lowest BCUT2D eigenvalue weighted by Gasteiger charge is -2.31. The fourth-order valence-corrected chi connectivity index (χ4v) is 3.33. The first-order chi connectivity index (χ1) is 11.5. The second-order valence-electron chi connectivity index (χ2n) is 6.37. The van der Waals surface area contributed by atoms with E-state index < -0.39 is 5.54 Å². The number of carbonyl (C=O) groups excluding carboxylic acids is 1. The number of amides is 1. The van der Waals surface area contributed by atoms with Crippen molar-refractivity contribution in [3.8, 4) is 11.3 Å². The monoisotopic (exact) mass is 319 g/mol. The van der Waals surface area contributed by atoms with E-state index in [0.29, 0.717) is 5.56 Å². The van der Waals surface area contributed by atoms with Gasteiger partial charge in [0, 0.05) is 31.2 Å². The molecule has 0 bridgehead atoms. The standard InChI is InChI=1S/C18H17N5O/c1-18(2)16-14(5-4-7-20-16)17(24)23(18)13-9-12(10-19-11-13)15-6-8-21-22(15)3/h4-11H,1-3H3. The van der Waals surface area contributed by atoms with Crippen LogP contribution in [0, 0.1) is 0 Å². The van der Waals surface area contributed by atoms with Gasteiger partial charge >= 0.3 is 0 Å². The first kappa shape index (κ1) is 14.6. The van der Waals surface area contributed by atoms with E-state index in [9.17, 15) is 4.79 Å². The highest BCUT2D eigenvalue weighted by atomic mass is 16.2. The molecule has 3 aromatic heterocycles. The zero-order valence-corrected chi connectivity index (χ0v) is 13.8. The summed E-state index contributed by atoms with van der Waals surface area (Å²) in [6.45, 7) is 4.00. The molecule has 6 nitrogen and oxygen atoms in total. The number of hydrogen-bond acceptors (Lipinski definition) is 4. The van der Waals surface area contributed by atoms with Gasteiger partial charge in [0.25, 0.3) is 5.91 Å². The van der Waals surface area contributed by atoms with Gasteiger partial charge < -0.3 is 0 Å². The van der Waals surface area contributed by atoms with E-state index in [0.717, 1.165) is 22.6 Å². The predicted octanol–water partition coefficient (Wildman–Crippen LogP) is 2.77. The molecule has 1 aliphatic heterocycles. The molecule has 120 valence electrons. The van der Waals surface area contributed by atoms with Crippen LogP contribution in [-0.2, 0) is 12.6 Å². The lowest BCUT2D eigenvalue weighted by molar-refractivity contribution is 0.0982. The fourth-order valence-electron chi connectivity index (χ4n) is 3.33. The SMILES string of the molecule is Cn1nccc1-c1cncc(N2C(=O)c3cccnc3C2(C)C)c1. The molecule has 3 aromatic rings. The molecule has 4 heterocycles. The van der Waals surface area contributed by atoms with Crippen molar-refractivity contribution < 1.29 is 4.79 Å². The summed E-state index contributed by atoms with van der Waals surface area (Å²) in [5.41, 5.74) is 3.53. The summed E-state index contributed by atoms with van der Waals surface area (Å²) in [6.07, 6.45) is 6.96. The minimum absolute atomic E-state index is 0.0490. The molecule has 0 N–H and O–H groups in total. The predicted molar refractivity (Wildman–Crippen MR) is 90.5 cm³/mol. The molecule has 0 unspecified atom stereocenters. The molecule has 0 saturated heterocycles. The van der Waals surface area contributed by atoms with Crippen molar-refractivity contribution in [1.29, 1.82) is 0 Å². The zero-order chi connectivity index (χ0) is 16.9. The molecular weight excluding hydrogens is 302 g/mol. The Hall–Kier alpha value is -3.02. The van der Waals surface area contributed by atoms with Crippen LogP contribution in [0.25, 0.3) is 11.3 Å². The van der Waals surface area contributed by atoms with Gasteiger partial charge in [0.1, 0.15) is 0 Å². The van der Waals surface area contributed by atoms with Gasteiger partial charge in [0.05, 0.1) is 34.4 Å². The summed E-state index contributed by atoms with van der Waals surface area (Å²) < 4.78 is 1.79. The molecule has 4 rings (SSSR count). The maximum atomic E-state index is 12.9. The highest BCUT2D eigenvalue weighted by molar-refractivity contribution is 6.11. The number of anilines is 1. The van der Waals surface area contributed by atoms with Crippen molar-refractivity contribution in [1.82, 2.24) is 19.7 Å². The largest absolute Gasteiger partial charge is 0.295 e. The average molecular weight is 319 g/mol. The number of aromatic nitrogens is 4. The topological polar surface area (TPSA) is 63.9 Å². The first-order valence-corrected chi connectivity index (χ1v) is 7.73. The molecule has 0 fully saturated rings. The van der Waals surface area contributed by atoms with Crippen LogP contribution in [0.15, 0.2) is 49.1 Å². The van der Waals surface area contributed by atoms with E-state index in [1.54, 1.807) is 40.4 Å². The van der Waals surface area contributed by atoms with Crippen LogP contribution < -0.4 is 4.90 Å². The number of aryl methyl sites for hydroxylation is 1. The zero-order valence-electron chi connectivity index (χ0n) is 13.8. The van der Waals surface area contributed by atoms with Gasteiger partial charge in [-0.15, -0.1) is 0 Å². The van der Waals surface area contributed by atoms with Crippen LogP contribution in [0.2, 0.25) is 0 Å². The molecule has 0 atom stereocenters. The summed E-state index contributed by atoms with van der Waals surface area (Å²) in [6, 6.07) is 7.51. The molecule has 1 amide bonds. The molecule has 1 aliphatic rings. The fraction of sp³-hybridized carbons (Fsp3) is 0.222. The Labute approximate surface area is 139 Å². The number of rotatable bonds is 2. The van der Waals surface area contributed by atoms with Crippen LogP contribution in [0.5, 0.6) is 0 Å². The number of nitrogens with zero attached hydrogens (tertiary/aromatic N) is 5. The lowest BCUT2D eigenvalue weighted by Crippen LogP contribution is -2.39. The second-order valence-corrected chi connectivity index (χ2v) is 6.37. The van der Waals surface area contributed by atoms with Gasteiger partial charge in [-0.2, -0.15) is 5.10 Å². The molecule has 24 heavy (non-hydrogen) atoms. The Morgan fingerprint density at radius 1 is 1.12 bits per heavy atom. The second kappa shape index (κ2) is 4.99. The van der Waals surface area contributed by atoms with E-state index in [1.165, 1.54) is 0 Å². The third kappa shape index (κ3) is 1.96. The van der Waals surface area contributed by atoms with Crippen molar-refractivity contribution in [3.63, 3.8) is 0 Å². The van der Waals surface area contributed by atoms with Crippen molar-refractivity contribution in [2.75, 3.05) is 4.90 Å². The summed E-state index contributed by atoms with van der Waals surface area (Å²) in [5.74, 6) is -0.0490. The first-order valence-electron chi connectivity index (χ1n) is 7.73. The molecule has 0 aliphatic carbocycles. The summed E-state index contributed by atoms with van der Waals surface area (Å²) in [7, 11) is 1.88. The van der Waals surface area contributed by atoms with Crippen molar-refractivity contribution in [2.45, 2.75) is 19.4 Å². The molecule has 6 heteroatoms. The van der Waals surface area contributed by atoms with Crippen molar-refractivity contribution >= 4 is 11.6 Å². The molecule has 0 spiro atoms. The Balaban J connectivity index is 1.83. The average Bonchev–Trinajstić information content (AvgIpc) is 3.08. The highest BCUT2D eigenvalue weighted by Crippen LogP contribution is 2.41. The van der Waals surface area contributed by atoms with Gasteiger partial charge in [-0.05, 0) is 38.1 Å². The Morgan fingerprint density at radius 2 is 1.96 bits per heavy atom. The van der Waals surface area contributed by atoms with E-state index in [4.69, 9.17) is 0 Å². The Kier molecular flexibility index (Phi) is 3.03. The van der Waals surface area contributed by atoms with Crippen LogP contribution in [0.4, 0.5) is 5.69 Å². The molecule has 0 aromatic carbocycles. The smallest absolute Gasteiger partial charge is 0.261 e. The van der Waals surface area contributed by atoms with E-state index in [1.807, 2.05) is 39.1 Å². The van der Waals surface area contributed by atoms with E-state index in [-0.39, 0.29) is 5.91 Å². The Bertz CT molecular complexity index is 944. The summed E-state index contributed by atoms with van der Waals surface area (Å²) >= 11 is 0. The Morgan fingerprint density at radius 3 is 2.67 bits per heavy atom. The summed E-state index contributed by atoms with van der Waals surface area (Å²) in [5, 5.41) is 4.19.